The number of fused-ring (bicyclic) bond motifs is 1. The SMILES string of the molecule is CCn1c(C(C)NCc2ccc(Cl)c(F)c2)nc2ccccc21. The zero-order valence-electron chi connectivity index (χ0n) is 13.2. The summed E-state index contributed by atoms with van der Waals surface area (Å²) in [6.07, 6.45) is 0. The van der Waals surface area contributed by atoms with E-state index in [-0.39, 0.29) is 16.9 Å². The molecule has 5 heteroatoms. The minimum atomic E-state index is -0.389. The quantitative estimate of drug-likeness (QED) is 0.734. The van der Waals surface area contributed by atoms with Crippen LogP contribution in [0.2, 0.25) is 5.02 Å². The number of imidazole rings is 1. The molecule has 0 amide bonds. The van der Waals surface area contributed by atoms with E-state index < -0.39 is 0 Å². The van der Waals surface area contributed by atoms with Crippen molar-refractivity contribution < 1.29 is 4.39 Å². The van der Waals surface area contributed by atoms with Crippen molar-refractivity contribution in [2.45, 2.75) is 33.0 Å². The van der Waals surface area contributed by atoms with Gasteiger partial charge >= 0.3 is 0 Å². The van der Waals surface area contributed by atoms with Crippen LogP contribution in [-0.2, 0) is 13.1 Å². The first-order valence-corrected chi connectivity index (χ1v) is 8.10. The van der Waals surface area contributed by atoms with E-state index in [2.05, 4.69) is 29.8 Å². The van der Waals surface area contributed by atoms with Gasteiger partial charge in [0.1, 0.15) is 11.6 Å². The summed E-state index contributed by atoms with van der Waals surface area (Å²) in [6.45, 7) is 5.60. The van der Waals surface area contributed by atoms with Crippen molar-refractivity contribution in [3.63, 3.8) is 0 Å². The van der Waals surface area contributed by atoms with Crippen molar-refractivity contribution in [1.82, 2.24) is 14.9 Å². The summed E-state index contributed by atoms with van der Waals surface area (Å²) in [5.74, 6) is 0.600. The Labute approximate surface area is 140 Å². The van der Waals surface area contributed by atoms with E-state index in [1.54, 1.807) is 6.07 Å². The minimum Gasteiger partial charge on any atom is -0.327 e. The maximum Gasteiger partial charge on any atom is 0.142 e. The molecule has 0 radical (unpaired) electrons. The minimum absolute atomic E-state index is 0.0566. The van der Waals surface area contributed by atoms with Crippen LogP contribution in [0.4, 0.5) is 4.39 Å². The third-order valence-corrected chi connectivity index (χ3v) is 4.29. The summed E-state index contributed by atoms with van der Waals surface area (Å²) in [7, 11) is 0. The zero-order valence-corrected chi connectivity index (χ0v) is 13.9. The number of hydrogen-bond donors (Lipinski definition) is 1. The second-order valence-corrected chi connectivity index (χ2v) is 5.96. The van der Waals surface area contributed by atoms with E-state index in [4.69, 9.17) is 16.6 Å². The largest absolute Gasteiger partial charge is 0.327 e. The van der Waals surface area contributed by atoms with Gasteiger partial charge in [-0.3, -0.25) is 0 Å². The van der Waals surface area contributed by atoms with Gasteiger partial charge in [0.25, 0.3) is 0 Å². The lowest BCUT2D eigenvalue weighted by Crippen LogP contribution is -2.21. The standard InChI is InChI=1S/C18H19ClFN3/c1-3-23-17-7-5-4-6-16(17)22-18(23)12(2)21-11-13-8-9-14(19)15(20)10-13/h4-10,12,21H,3,11H2,1-2H3. The average molecular weight is 332 g/mol. The van der Waals surface area contributed by atoms with Gasteiger partial charge in [-0.25, -0.2) is 9.37 Å². The number of aromatic nitrogens is 2. The predicted octanol–water partition coefficient (Wildman–Crippen LogP) is 4.70. The van der Waals surface area contributed by atoms with Gasteiger partial charge in [-0.1, -0.05) is 29.8 Å². The van der Waals surface area contributed by atoms with Crippen molar-refractivity contribution in [2.24, 2.45) is 0 Å². The van der Waals surface area contributed by atoms with Gasteiger partial charge in [0, 0.05) is 13.1 Å². The Bertz CT molecular complexity index is 828. The van der Waals surface area contributed by atoms with E-state index in [0.29, 0.717) is 6.54 Å². The lowest BCUT2D eigenvalue weighted by atomic mass is 10.2. The summed E-state index contributed by atoms with van der Waals surface area (Å²) in [6, 6.07) is 13.0. The second-order valence-electron chi connectivity index (χ2n) is 5.55. The van der Waals surface area contributed by atoms with Gasteiger partial charge < -0.3 is 9.88 Å². The third kappa shape index (κ3) is 3.23. The first-order valence-electron chi connectivity index (χ1n) is 7.72. The van der Waals surface area contributed by atoms with E-state index in [0.717, 1.165) is 29.0 Å². The van der Waals surface area contributed by atoms with Crippen molar-refractivity contribution in [1.29, 1.82) is 0 Å². The molecule has 1 N–H and O–H groups in total. The summed E-state index contributed by atoms with van der Waals surface area (Å²) >= 11 is 5.72. The van der Waals surface area contributed by atoms with Crippen LogP contribution in [0.3, 0.4) is 0 Å². The topological polar surface area (TPSA) is 29.9 Å². The van der Waals surface area contributed by atoms with E-state index in [9.17, 15) is 4.39 Å². The Morgan fingerprint density at radius 2 is 2.04 bits per heavy atom. The van der Waals surface area contributed by atoms with Crippen LogP contribution in [0, 0.1) is 5.82 Å². The molecule has 0 aliphatic heterocycles. The monoisotopic (exact) mass is 331 g/mol. The smallest absolute Gasteiger partial charge is 0.142 e. The number of nitrogens with one attached hydrogen (secondary N) is 1. The van der Waals surface area contributed by atoms with Gasteiger partial charge in [0.05, 0.1) is 22.1 Å². The fraction of sp³-hybridized carbons (Fsp3) is 0.278. The Morgan fingerprint density at radius 1 is 1.26 bits per heavy atom. The molecule has 0 saturated heterocycles. The maximum absolute atomic E-state index is 13.5. The highest BCUT2D eigenvalue weighted by Crippen LogP contribution is 2.21. The molecular formula is C18H19ClFN3. The highest BCUT2D eigenvalue weighted by atomic mass is 35.5. The fourth-order valence-electron chi connectivity index (χ4n) is 2.77. The van der Waals surface area contributed by atoms with Crippen LogP contribution in [-0.4, -0.2) is 9.55 Å². The van der Waals surface area contributed by atoms with E-state index in [1.807, 2.05) is 24.3 Å². The van der Waals surface area contributed by atoms with Crippen LogP contribution in [0.1, 0.15) is 31.3 Å². The molecule has 3 rings (SSSR count). The third-order valence-electron chi connectivity index (χ3n) is 3.98. The van der Waals surface area contributed by atoms with Gasteiger partial charge in [0.2, 0.25) is 0 Å². The first-order chi connectivity index (χ1) is 11.1. The average Bonchev–Trinajstić information content (AvgIpc) is 2.94. The van der Waals surface area contributed by atoms with Crippen molar-refractivity contribution in [3.8, 4) is 0 Å². The normalized spacial score (nSPS) is 12.7. The molecule has 2 aromatic carbocycles. The van der Waals surface area contributed by atoms with Crippen molar-refractivity contribution in [3.05, 3.63) is 64.7 Å². The first kappa shape index (κ1) is 16.0. The number of halogens is 2. The maximum atomic E-state index is 13.5. The predicted molar refractivity (Wildman–Crippen MR) is 92.1 cm³/mol. The molecule has 0 spiro atoms. The highest BCUT2D eigenvalue weighted by Gasteiger charge is 2.15. The van der Waals surface area contributed by atoms with E-state index >= 15 is 0 Å². The van der Waals surface area contributed by atoms with E-state index in [1.165, 1.54) is 6.07 Å². The van der Waals surface area contributed by atoms with Crippen molar-refractivity contribution >= 4 is 22.6 Å². The van der Waals surface area contributed by atoms with Gasteiger partial charge in [0.15, 0.2) is 0 Å². The van der Waals surface area contributed by atoms with Crippen LogP contribution < -0.4 is 5.32 Å². The van der Waals surface area contributed by atoms with Crippen LogP contribution in [0.5, 0.6) is 0 Å². The number of rotatable bonds is 5. The fourth-order valence-corrected chi connectivity index (χ4v) is 2.89. The molecule has 0 aliphatic carbocycles. The summed E-state index contributed by atoms with van der Waals surface area (Å²) < 4.78 is 15.7. The molecular weight excluding hydrogens is 313 g/mol. The molecule has 0 aliphatic rings. The molecule has 1 aromatic heterocycles. The number of aryl methyl sites for hydroxylation is 1. The van der Waals surface area contributed by atoms with Crippen LogP contribution in [0.15, 0.2) is 42.5 Å². The molecule has 0 bridgehead atoms. The van der Waals surface area contributed by atoms with Crippen LogP contribution in [0.25, 0.3) is 11.0 Å². The lowest BCUT2D eigenvalue weighted by molar-refractivity contribution is 0.520. The summed E-state index contributed by atoms with van der Waals surface area (Å²) in [5.41, 5.74) is 2.99. The molecule has 3 aromatic rings. The molecule has 0 fully saturated rings. The molecule has 0 saturated carbocycles. The highest BCUT2D eigenvalue weighted by molar-refractivity contribution is 6.30. The molecule has 1 atom stereocenters. The zero-order chi connectivity index (χ0) is 16.4. The number of para-hydroxylation sites is 2. The molecule has 1 unspecified atom stereocenters. The number of benzene rings is 2. The molecule has 1 heterocycles. The molecule has 120 valence electrons. The van der Waals surface area contributed by atoms with Gasteiger partial charge in [-0.05, 0) is 43.7 Å². The lowest BCUT2D eigenvalue weighted by Gasteiger charge is -2.15. The molecule has 3 nitrogen and oxygen atoms in total. The van der Waals surface area contributed by atoms with Crippen molar-refractivity contribution in [2.75, 3.05) is 0 Å². The summed E-state index contributed by atoms with van der Waals surface area (Å²) in [4.78, 5) is 4.73. The van der Waals surface area contributed by atoms with Gasteiger partial charge in [-0.15, -0.1) is 0 Å². The Hall–Kier alpha value is -1.91. The number of hydrogen-bond acceptors (Lipinski definition) is 2. The Kier molecular flexibility index (Phi) is 4.64. The number of nitrogens with zero attached hydrogens (tertiary/aromatic N) is 2. The summed E-state index contributed by atoms with van der Waals surface area (Å²) in [5, 5.41) is 3.55. The Morgan fingerprint density at radius 3 is 2.78 bits per heavy atom. The molecule has 23 heavy (non-hydrogen) atoms. The Balaban J connectivity index is 1.80. The second kappa shape index (κ2) is 6.69. The van der Waals surface area contributed by atoms with Crippen LogP contribution >= 0.6 is 11.6 Å². The van der Waals surface area contributed by atoms with Gasteiger partial charge in [-0.2, -0.15) is 0 Å².